The molecule has 1 saturated carbocycles. The Labute approximate surface area is 199 Å². The highest BCUT2D eigenvalue weighted by Crippen LogP contribution is 2.44. The molecule has 3 aliphatic rings. The number of ether oxygens (including phenoxy) is 1. The summed E-state index contributed by atoms with van der Waals surface area (Å²) in [5.74, 6) is 2.07. The molecule has 2 aromatic heterocycles. The molecule has 0 bridgehead atoms. The number of piperidine rings is 1. The summed E-state index contributed by atoms with van der Waals surface area (Å²) < 4.78 is 26.2. The zero-order valence-electron chi connectivity index (χ0n) is 19.9. The van der Waals surface area contributed by atoms with E-state index in [1.165, 1.54) is 6.42 Å². The molecule has 2 aliphatic heterocycles. The third kappa shape index (κ3) is 4.18. The number of nitrogens with one attached hydrogen (secondary N) is 1. The Balaban J connectivity index is 1.33. The number of aromatic nitrogens is 3. The van der Waals surface area contributed by atoms with Crippen LogP contribution in [-0.2, 0) is 4.74 Å². The molecule has 2 saturated heterocycles. The van der Waals surface area contributed by atoms with E-state index in [0.717, 1.165) is 86.3 Å². The first-order chi connectivity index (χ1) is 16.6. The lowest BCUT2D eigenvalue weighted by Gasteiger charge is -2.36. The van der Waals surface area contributed by atoms with Gasteiger partial charge in [0.05, 0.1) is 17.7 Å². The maximum Gasteiger partial charge on any atom is 0.261 e. The van der Waals surface area contributed by atoms with Gasteiger partial charge in [0, 0.05) is 43.2 Å². The Hall–Kier alpha value is -2.58. The van der Waals surface area contributed by atoms with E-state index in [1.807, 2.05) is 13.0 Å². The topological polar surface area (TPSA) is 76.3 Å². The van der Waals surface area contributed by atoms with Gasteiger partial charge in [0.1, 0.15) is 11.6 Å². The molecule has 8 heteroatoms. The largest absolute Gasteiger partial charge is 0.380 e. The average Bonchev–Trinajstić information content (AvgIpc) is 3.60. The lowest BCUT2D eigenvalue weighted by molar-refractivity contribution is 0.0650. The van der Waals surface area contributed by atoms with Gasteiger partial charge in [-0.25, -0.2) is 9.37 Å². The van der Waals surface area contributed by atoms with E-state index in [1.54, 1.807) is 6.07 Å². The van der Waals surface area contributed by atoms with Crippen molar-refractivity contribution >= 4 is 16.7 Å². The van der Waals surface area contributed by atoms with E-state index in [-0.39, 0.29) is 5.82 Å². The lowest BCUT2D eigenvalue weighted by atomic mass is 9.97. The molecule has 1 N–H and O–H groups in total. The normalized spacial score (nSPS) is 22.0. The van der Waals surface area contributed by atoms with Crippen LogP contribution in [0, 0.1) is 19.7 Å². The minimum Gasteiger partial charge on any atom is -0.380 e. The smallest absolute Gasteiger partial charge is 0.261 e. The number of benzene rings is 1. The molecule has 0 amide bonds. The quantitative estimate of drug-likeness (QED) is 0.587. The number of hydrogen-bond acceptors (Lipinski definition) is 7. The maximum atomic E-state index is 14.9. The average molecular weight is 466 g/mol. The van der Waals surface area contributed by atoms with Gasteiger partial charge in [0.2, 0.25) is 0 Å². The number of fused-ring (bicyclic) bond motifs is 1. The molecule has 7 nitrogen and oxygen atoms in total. The highest BCUT2D eigenvalue weighted by Gasteiger charge is 2.30. The van der Waals surface area contributed by atoms with Crippen LogP contribution in [0.5, 0.6) is 0 Å². The molecule has 1 aliphatic carbocycles. The molecule has 1 aromatic carbocycles. The molecule has 34 heavy (non-hydrogen) atoms. The predicted octanol–water partition coefficient (Wildman–Crippen LogP) is 4.66. The van der Waals surface area contributed by atoms with Crippen molar-refractivity contribution in [2.45, 2.75) is 70.4 Å². The second-order valence-electron chi connectivity index (χ2n) is 10.1. The van der Waals surface area contributed by atoms with Gasteiger partial charge in [-0.3, -0.25) is 0 Å². The summed E-state index contributed by atoms with van der Waals surface area (Å²) in [6, 6.07) is 4.52. The Morgan fingerprint density at radius 2 is 1.85 bits per heavy atom. The fourth-order valence-electron chi connectivity index (χ4n) is 5.50. The Morgan fingerprint density at radius 1 is 1.03 bits per heavy atom. The van der Waals surface area contributed by atoms with Crippen molar-refractivity contribution in [2.24, 2.45) is 0 Å². The minimum atomic E-state index is -0.146. The van der Waals surface area contributed by atoms with Gasteiger partial charge in [0.15, 0.2) is 5.82 Å². The molecule has 0 unspecified atom stereocenters. The van der Waals surface area contributed by atoms with Gasteiger partial charge in [0.25, 0.3) is 5.89 Å². The van der Waals surface area contributed by atoms with Gasteiger partial charge in [-0.05, 0) is 75.5 Å². The molecular weight excluding hydrogens is 433 g/mol. The van der Waals surface area contributed by atoms with Crippen molar-refractivity contribution in [1.29, 1.82) is 0 Å². The van der Waals surface area contributed by atoms with Crippen LogP contribution < -0.4 is 10.2 Å². The number of aryl methyl sites for hydroxylation is 2. The lowest BCUT2D eigenvalue weighted by Crippen LogP contribution is -2.48. The standard InChI is InChI=1S/C26H32FN5O2/c1-15-20-12-21(17-5-6-17)22(27)13-23(20)30-25(24(15)26-28-16(2)31-34-26)32-9-7-18(8-10-32)29-19-4-3-11-33-14-19/h12-13,17-19,29H,3-11,14H2,1-2H3/t19-/m1/s1. The highest BCUT2D eigenvalue weighted by atomic mass is 19.1. The van der Waals surface area contributed by atoms with Crippen LogP contribution >= 0.6 is 0 Å². The van der Waals surface area contributed by atoms with Gasteiger partial charge in [-0.15, -0.1) is 0 Å². The monoisotopic (exact) mass is 465 g/mol. The van der Waals surface area contributed by atoms with Gasteiger partial charge in [-0.1, -0.05) is 5.16 Å². The second kappa shape index (κ2) is 8.89. The predicted molar refractivity (Wildman–Crippen MR) is 129 cm³/mol. The molecule has 180 valence electrons. The number of rotatable bonds is 5. The Kier molecular flexibility index (Phi) is 5.73. The summed E-state index contributed by atoms with van der Waals surface area (Å²) in [4.78, 5) is 11.8. The van der Waals surface area contributed by atoms with Crippen molar-refractivity contribution in [1.82, 2.24) is 20.4 Å². The maximum absolute atomic E-state index is 14.9. The third-order valence-electron chi connectivity index (χ3n) is 7.53. The first-order valence-electron chi connectivity index (χ1n) is 12.6. The van der Waals surface area contributed by atoms with E-state index in [4.69, 9.17) is 14.2 Å². The van der Waals surface area contributed by atoms with Crippen LogP contribution in [0.15, 0.2) is 16.7 Å². The van der Waals surface area contributed by atoms with Crippen LogP contribution in [0.1, 0.15) is 61.4 Å². The van der Waals surface area contributed by atoms with Crippen LogP contribution in [-0.4, -0.2) is 53.5 Å². The van der Waals surface area contributed by atoms with E-state index in [9.17, 15) is 4.39 Å². The van der Waals surface area contributed by atoms with Crippen LogP contribution in [0.25, 0.3) is 22.4 Å². The molecule has 4 heterocycles. The van der Waals surface area contributed by atoms with Crippen molar-refractivity contribution < 1.29 is 13.7 Å². The molecule has 0 radical (unpaired) electrons. The number of nitrogens with zero attached hydrogens (tertiary/aromatic N) is 4. The van der Waals surface area contributed by atoms with Crippen LogP contribution in [0.3, 0.4) is 0 Å². The van der Waals surface area contributed by atoms with E-state index < -0.39 is 0 Å². The summed E-state index contributed by atoms with van der Waals surface area (Å²) in [5, 5.41) is 8.79. The number of anilines is 1. The summed E-state index contributed by atoms with van der Waals surface area (Å²) in [7, 11) is 0. The Morgan fingerprint density at radius 3 is 2.53 bits per heavy atom. The van der Waals surface area contributed by atoms with Crippen molar-refractivity contribution in [2.75, 3.05) is 31.2 Å². The van der Waals surface area contributed by atoms with Crippen LogP contribution in [0.4, 0.5) is 10.2 Å². The number of pyridine rings is 1. The minimum absolute atomic E-state index is 0.146. The molecule has 0 spiro atoms. The highest BCUT2D eigenvalue weighted by molar-refractivity contribution is 5.93. The molecule has 3 fully saturated rings. The van der Waals surface area contributed by atoms with Gasteiger partial charge < -0.3 is 19.5 Å². The van der Waals surface area contributed by atoms with E-state index in [2.05, 4.69) is 27.3 Å². The summed E-state index contributed by atoms with van der Waals surface area (Å²) >= 11 is 0. The van der Waals surface area contributed by atoms with Crippen molar-refractivity contribution in [3.8, 4) is 11.5 Å². The van der Waals surface area contributed by atoms with Gasteiger partial charge in [-0.2, -0.15) is 4.98 Å². The SMILES string of the molecule is Cc1noc(-c2c(N3CCC(N[C@@H]4CCCOC4)CC3)nc3cc(F)c(C4CC4)cc3c2C)n1. The number of halogens is 1. The summed E-state index contributed by atoms with van der Waals surface area (Å²) in [5.41, 5.74) is 3.38. The van der Waals surface area contributed by atoms with Crippen LogP contribution in [0.2, 0.25) is 0 Å². The first kappa shape index (κ1) is 21.9. The molecular formula is C26H32FN5O2. The second-order valence-corrected chi connectivity index (χ2v) is 10.1. The van der Waals surface area contributed by atoms with E-state index in [0.29, 0.717) is 35.2 Å². The fraction of sp³-hybridized carbons (Fsp3) is 0.577. The molecule has 6 rings (SSSR count). The molecule has 3 aromatic rings. The first-order valence-corrected chi connectivity index (χ1v) is 12.6. The zero-order valence-corrected chi connectivity index (χ0v) is 19.9. The van der Waals surface area contributed by atoms with Gasteiger partial charge >= 0.3 is 0 Å². The van der Waals surface area contributed by atoms with Crippen molar-refractivity contribution in [3.05, 3.63) is 34.9 Å². The number of hydrogen-bond donors (Lipinski definition) is 1. The van der Waals surface area contributed by atoms with E-state index >= 15 is 0 Å². The fourth-order valence-corrected chi connectivity index (χ4v) is 5.50. The van der Waals surface area contributed by atoms with Crippen molar-refractivity contribution in [3.63, 3.8) is 0 Å². The third-order valence-corrected chi connectivity index (χ3v) is 7.53. The molecule has 1 atom stereocenters. The zero-order chi connectivity index (χ0) is 23.2. The Bertz CT molecular complexity index is 1190. The summed E-state index contributed by atoms with van der Waals surface area (Å²) in [6.07, 6.45) is 6.46. The summed E-state index contributed by atoms with van der Waals surface area (Å²) in [6.45, 7) is 7.31.